The van der Waals surface area contributed by atoms with E-state index in [9.17, 15) is 0 Å². The highest BCUT2D eigenvalue weighted by molar-refractivity contribution is 5.51. The van der Waals surface area contributed by atoms with Crippen LogP contribution >= 0.6 is 0 Å². The molecule has 2 nitrogen and oxygen atoms in total. The maximum atomic E-state index is 8.56. The molecule has 1 aliphatic heterocycles. The molecule has 0 radical (unpaired) electrons. The van der Waals surface area contributed by atoms with Crippen LogP contribution in [0.15, 0.2) is 0 Å². The van der Waals surface area contributed by atoms with Gasteiger partial charge >= 0.3 is 0 Å². The summed E-state index contributed by atoms with van der Waals surface area (Å²) in [5.74, 6) is 0. The fraction of sp³-hybridized carbons (Fsp3) is 0.875. The summed E-state index contributed by atoms with van der Waals surface area (Å²) in [6.07, 6.45) is 7.07. The maximum absolute atomic E-state index is 8.56. The lowest BCUT2D eigenvalue weighted by Crippen LogP contribution is -2.20. The summed E-state index contributed by atoms with van der Waals surface area (Å²) >= 11 is 0. The summed E-state index contributed by atoms with van der Waals surface area (Å²) in [6.45, 7) is 2.56. The van der Waals surface area contributed by atoms with Crippen LogP contribution in [0, 0.1) is 0 Å². The number of aliphatic hydroxyl groups excluding tert-OH is 1. The molecule has 0 amide bonds. The lowest BCUT2D eigenvalue weighted by molar-refractivity contribution is -0.529. The molecule has 0 aromatic heterocycles. The summed E-state index contributed by atoms with van der Waals surface area (Å²) in [6, 6.07) is 0. The summed E-state index contributed by atoms with van der Waals surface area (Å²) in [7, 11) is 0. The largest absolute Gasteiger partial charge is 0.396 e. The molecule has 1 aliphatic rings. The molecule has 2 heteroatoms. The molecule has 0 saturated carbocycles. The normalized spacial score (nSPS) is 18.7. The molecule has 0 aliphatic carbocycles. The van der Waals surface area contributed by atoms with Crippen molar-refractivity contribution in [3.05, 3.63) is 0 Å². The fourth-order valence-electron chi connectivity index (χ4n) is 1.30. The van der Waals surface area contributed by atoms with Crippen molar-refractivity contribution in [3.8, 4) is 0 Å². The van der Waals surface area contributed by atoms with Crippen LogP contribution in [0.5, 0.6) is 0 Å². The second-order valence-electron chi connectivity index (χ2n) is 2.79. The molecule has 0 aromatic rings. The van der Waals surface area contributed by atoms with E-state index in [-0.39, 0.29) is 0 Å². The average molecular weight is 142 g/mol. The SMILES string of the molecule is OCCC[N+]1=CCCCC1. The Morgan fingerprint density at radius 2 is 2.30 bits per heavy atom. The third-order valence-electron chi connectivity index (χ3n) is 1.89. The van der Waals surface area contributed by atoms with E-state index in [0.29, 0.717) is 6.61 Å². The van der Waals surface area contributed by atoms with Gasteiger partial charge in [-0.3, -0.25) is 0 Å². The summed E-state index contributed by atoms with van der Waals surface area (Å²) in [5.41, 5.74) is 0. The molecular weight excluding hydrogens is 126 g/mol. The Balaban J connectivity index is 2.18. The number of nitrogens with zero attached hydrogens (tertiary/aromatic N) is 1. The van der Waals surface area contributed by atoms with Crippen LogP contribution in [-0.2, 0) is 0 Å². The van der Waals surface area contributed by atoms with Crippen LogP contribution in [0.4, 0.5) is 0 Å². The third kappa shape index (κ3) is 2.48. The number of aliphatic hydroxyl groups is 1. The molecule has 1 N–H and O–H groups in total. The zero-order valence-corrected chi connectivity index (χ0v) is 6.42. The summed E-state index contributed by atoms with van der Waals surface area (Å²) < 4.78 is 2.32. The predicted molar refractivity (Wildman–Crippen MR) is 41.6 cm³/mol. The van der Waals surface area contributed by atoms with Crippen LogP contribution in [0.3, 0.4) is 0 Å². The van der Waals surface area contributed by atoms with Gasteiger partial charge in [0.15, 0.2) is 0 Å². The molecule has 0 unspecified atom stereocenters. The van der Waals surface area contributed by atoms with Crippen molar-refractivity contribution >= 4 is 6.21 Å². The van der Waals surface area contributed by atoms with Gasteiger partial charge in [-0.2, -0.15) is 0 Å². The van der Waals surface area contributed by atoms with Crippen molar-refractivity contribution in [1.29, 1.82) is 0 Å². The topological polar surface area (TPSA) is 23.2 Å². The molecule has 0 bridgehead atoms. The molecule has 0 atom stereocenters. The molecule has 1 heterocycles. The van der Waals surface area contributed by atoms with E-state index in [1.165, 1.54) is 25.8 Å². The first kappa shape index (κ1) is 7.73. The lowest BCUT2D eigenvalue weighted by Gasteiger charge is -2.06. The van der Waals surface area contributed by atoms with Gasteiger partial charge in [0.05, 0.1) is 0 Å². The predicted octanol–water partition coefficient (Wildman–Crippen LogP) is 0.636. The molecule has 0 aromatic carbocycles. The molecule has 0 spiro atoms. The second-order valence-corrected chi connectivity index (χ2v) is 2.79. The minimum absolute atomic E-state index is 0.324. The Kier molecular flexibility index (Phi) is 3.44. The highest BCUT2D eigenvalue weighted by Gasteiger charge is 2.07. The van der Waals surface area contributed by atoms with Gasteiger partial charge in [0.2, 0.25) is 0 Å². The van der Waals surface area contributed by atoms with Gasteiger partial charge in [-0.05, 0) is 6.42 Å². The van der Waals surface area contributed by atoms with Crippen LogP contribution in [0.1, 0.15) is 25.7 Å². The van der Waals surface area contributed by atoms with Gasteiger partial charge in [-0.15, -0.1) is 0 Å². The first-order chi connectivity index (χ1) is 4.93. The van der Waals surface area contributed by atoms with Gasteiger partial charge in [-0.1, -0.05) is 0 Å². The highest BCUT2D eigenvalue weighted by Crippen LogP contribution is 2.00. The van der Waals surface area contributed by atoms with Crippen LogP contribution in [-0.4, -0.2) is 35.6 Å². The van der Waals surface area contributed by atoms with E-state index < -0.39 is 0 Å². The van der Waals surface area contributed by atoms with Gasteiger partial charge < -0.3 is 5.11 Å². The molecule has 0 saturated heterocycles. The van der Waals surface area contributed by atoms with E-state index in [0.717, 1.165) is 13.0 Å². The van der Waals surface area contributed by atoms with Crippen LogP contribution in [0.25, 0.3) is 0 Å². The first-order valence-electron chi connectivity index (χ1n) is 4.12. The average Bonchev–Trinajstić information content (AvgIpc) is 2.03. The van der Waals surface area contributed by atoms with Gasteiger partial charge in [0.25, 0.3) is 0 Å². The maximum Gasteiger partial charge on any atom is 0.144 e. The van der Waals surface area contributed by atoms with E-state index >= 15 is 0 Å². The minimum atomic E-state index is 0.324. The van der Waals surface area contributed by atoms with Crippen molar-refractivity contribution in [3.63, 3.8) is 0 Å². The molecule has 10 heavy (non-hydrogen) atoms. The van der Waals surface area contributed by atoms with Crippen molar-refractivity contribution < 1.29 is 9.68 Å². The Morgan fingerprint density at radius 1 is 1.40 bits per heavy atom. The molecule has 1 rings (SSSR count). The van der Waals surface area contributed by atoms with E-state index in [1.807, 2.05) is 0 Å². The quantitative estimate of drug-likeness (QED) is 0.574. The standard InChI is InChI=1S/C8H16NO/c10-8-4-7-9-5-2-1-3-6-9/h5,10H,1-4,6-8H2/q+1. The highest BCUT2D eigenvalue weighted by atomic mass is 16.3. The van der Waals surface area contributed by atoms with E-state index in [2.05, 4.69) is 10.8 Å². The Hall–Kier alpha value is -0.370. The van der Waals surface area contributed by atoms with Crippen molar-refractivity contribution in [2.75, 3.05) is 19.7 Å². The van der Waals surface area contributed by atoms with E-state index in [1.54, 1.807) is 0 Å². The minimum Gasteiger partial charge on any atom is -0.396 e. The molecule has 58 valence electrons. The first-order valence-corrected chi connectivity index (χ1v) is 4.12. The Morgan fingerprint density at radius 3 is 2.90 bits per heavy atom. The number of hydrogen-bond donors (Lipinski definition) is 1. The fourth-order valence-corrected chi connectivity index (χ4v) is 1.30. The monoisotopic (exact) mass is 142 g/mol. The Bertz CT molecular complexity index is 120. The number of rotatable bonds is 3. The van der Waals surface area contributed by atoms with Crippen molar-refractivity contribution in [2.45, 2.75) is 25.7 Å². The van der Waals surface area contributed by atoms with Crippen LogP contribution in [0.2, 0.25) is 0 Å². The zero-order chi connectivity index (χ0) is 7.23. The molecular formula is C8H16NO+. The van der Waals surface area contributed by atoms with Gasteiger partial charge in [-0.25, -0.2) is 4.58 Å². The summed E-state index contributed by atoms with van der Waals surface area (Å²) in [5, 5.41) is 8.56. The van der Waals surface area contributed by atoms with Gasteiger partial charge in [0, 0.05) is 25.9 Å². The van der Waals surface area contributed by atoms with Crippen molar-refractivity contribution in [2.24, 2.45) is 0 Å². The molecule has 0 fully saturated rings. The van der Waals surface area contributed by atoms with Gasteiger partial charge in [0.1, 0.15) is 19.3 Å². The second kappa shape index (κ2) is 4.45. The van der Waals surface area contributed by atoms with Crippen LogP contribution < -0.4 is 0 Å². The van der Waals surface area contributed by atoms with Crippen molar-refractivity contribution in [1.82, 2.24) is 0 Å². The third-order valence-corrected chi connectivity index (χ3v) is 1.89. The summed E-state index contributed by atoms with van der Waals surface area (Å²) in [4.78, 5) is 0. The zero-order valence-electron chi connectivity index (χ0n) is 6.42. The van der Waals surface area contributed by atoms with E-state index in [4.69, 9.17) is 5.11 Å². The smallest absolute Gasteiger partial charge is 0.144 e. The number of hydrogen-bond acceptors (Lipinski definition) is 1. The lowest BCUT2D eigenvalue weighted by atomic mass is 10.2. The Labute approximate surface area is 62.2 Å².